The smallest absolute Gasteiger partial charge is 0.335 e. The van der Waals surface area contributed by atoms with Crippen molar-refractivity contribution in [3.8, 4) is 0 Å². The Morgan fingerprint density at radius 1 is 1.39 bits per heavy atom. The molecule has 4 heteroatoms. The van der Waals surface area contributed by atoms with Gasteiger partial charge >= 0.3 is 5.97 Å². The van der Waals surface area contributed by atoms with Gasteiger partial charge in [0.1, 0.15) is 0 Å². The van der Waals surface area contributed by atoms with Crippen molar-refractivity contribution in [3.63, 3.8) is 0 Å². The zero-order valence-electron chi connectivity index (χ0n) is 10.9. The summed E-state index contributed by atoms with van der Waals surface area (Å²) in [6.45, 7) is 4.09. The van der Waals surface area contributed by atoms with E-state index in [0.29, 0.717) is 11.6 Å². The van der Waals surface area contributed by atoms with Gasteiger partial charge in [0, 0.05) is 18.8 Å². The normalized spacial score (nSPS) is 16.6. The molecule has 0 amide bonds. The predicted molar refractivity (Wildman–Crippen MR) is 72.4 cm³/mol. The fourth-order valence-corrected chi connectivity index (χ4v) is 2.57. The van der Waals surface area contributed by atoms with E-state index in [2.05, 4.69) is 17.3 Å². The second-order valence-corrected chi connectivity index (χ2v) is 4.90. The number of hydrogen-bond donors (Lipinski definition) is 2. The third-order valence-electron chi connectivity index (χ3n) is 3.68. The van der Waals surface area contributed by atoms with E-state index in [0.717, 1.165) is 37.2 Å². The van der Waals surface area contributed by atoms with Gasteiger partial charge in [-0.15, -0.1) is 0 Å². The summed E-state index contributed by atoms with van der Waals surface area (Å²) in [6.07, 6.45) is 2.27. The predicted octanol–water partition coefficient (Wildman–Crippen LogP) is 1.88. The van der Waals surface area contributed by atoms with Crippen LogP contribution in [0, 0.1) is 6.92 Å². The van der Waals surface area contributed by atoms with Crippen molar-refractivity contribution < 1.29 is 9.90 Å². The number of carbonyl (C=O) groups is 1. The Bertz CT molecular complexity index is 439. The molecule has 1 fully saturated rings. The SMILES string of the molecule is Cc1cc(C(=O)O)ccc1N(C)C1CCNCC1. The first kappa shape index (κ1) is 12.9. The quantitative estimate of drug-likeness (QED) is 0.857. The Balaban J connectivity index is 2.19. The van der Waals surface area contributed by atoms with Gasteiger partial charge in [-0.1, -0.05) is 0 Å². The molecule has 0 aliphatic carbocycles. The first-order chi connectivity index (χ1) is 8.59. The van der Waals surface area contributed by atoms with E-state index in [1.807, 2.05) is 13.0 Å². The molecule has 2 N–H and O–H groups in total. The van der Waals surface area contributed by atoms with Crippen LogP contribution >= 0.6 is 0 Å². The van der Waals surface area contributed by atoms with Crippen molar-refractivity contribution in [3.05, 3.63) is 29.3 Å². The van der Waals surface area contributed by atoms with Crippen LogP contribution in [-0.4, -0.2) is 37.3 Å². The summed E-state index contributed by atoms with van der Waals surface area (Å²) < 4.78 is 0. The van der Waals surface area contributed by atoms with Gasteiger partial charge in [0.2, 0.25) is 0 Å². The van der Waals surface area contributed by atoms with Crippen LogP contribution in [-0.2, 0) is 0 Å². The molecule has 0 unspecified atom stereocenters. The van der Waals surface area contributed by atoms with Crippen LogP contribution in [0.1, 0.15) is 28.8 Å². The maximum absolute atomic E-state index is 10.9. The highest BCUT2D eigenvalue weighted by Gasteiger charge is 2.19. The van der Waals surface area contributed by atoms with Crippen LogP contribution in [0.25, 0.3) is 0 Å². The molecular weight excluding hydrogens is 228 g/mol. The summed E-state index contributed by atoms with van der Waals surface area (Å²) in [4.78, 5) is 13.2. The molecule has 1 aromatic carbocycles. The van der Waals surface area contributed by atoms with Crippen LogP contribution < -0.4 is 10.2 Å². The molecule has 1 heterocycles. The molecule has 18 heavy (non-hydrogen) atoms. The highest BCUT2D eigenvalue weighted by atomic mass is 16.4. The molecule has 0 radical (unpaired) electrons. The summed E-state index contributed by atoms with van der Waals surface area (Å²) in [6, 6.07) is 5.89. The summed E-state index contributed by atoms with van der Waals surface area (Å²) in [5.41, 5.74) is 2.51. The lowest BCUT2D eigenvalue weighted by atomic mass is 10.0. The number of rotatable bonds is 3. The third-order valence-corrected chi connectivity index (χ3v) is 3.68. The van der Waals surface area contributed by atoms with Crippen LogP contribution in [0.15, 0.2) is 18.2 Å². The van der Waals surface area contributed by atoms with Crippen LogP contribution in [0.5, 0.6) is 0 Å². The average Bonchev–Trinajstić information content (AvgIpc) is 2.38. The van der Waals surface area contributed by atoms with Crippen molar-refractivity contribution >= 4 is 11.7 Å². The number of anilines is 1. The number of hydrogen-bond acceptors (Lipinski definition) is 3. The summed E-state index contributed by atoms with van der Waals surface area (Å²) in [5, 5.41) is 12.3. The lowest BCUT2D eigenvalue weighted by molar-refractivity contribution is 0.0697. The molecule has 1 aromatic rings. The van der Waals surface area contributed by atoms with Crippen LogP contribution in [0.4, 0.5) is 5.69 Å². The molecule has 1 saturated heterocycles. The monoisotopic (exact) mass is 248 g/mol. The van der Waals surface area contributed by atoms with Gasteiger partial charge < -0.3 is 15.3 Å². The number of nitrogens with one attached hydrogen (secondary N) is 1. The topological polar surface area (TPSA) is 52.6 Å². The number of aryl methyl sites for hydroxylation is 1. The number of nitrogens with zero attached hydrogens (tertiary/aromatic N) is 1. The van der Waals surface area contributed by atoms with Gasteiger partial charge in [-0.05, 0) is 56.6 Å². The average molecular weight is 248 g/mol. The fraction of sp³-hybridized carbons (Fsp3) is 0.500. The zero-order valence-corrected chi connectivity index (χ0v) is 10.9. The standard InChI is InChI=1S/C14H20N2O2/c1-10-9-11(14(17)18)3-4-13(10)16(2)12-5-7-15-8-6-12/h3-4,9,12,15H,5-8H2,1-2H3,(H,17,18). The van der Waals surface area contributed by atoms with Crippen molar-refractivity contribution in [2.45, 2.75) is 25.8 Å². The minimum absolute atomic E-state index is 0.356. The maximum Gasteiger partial charge on any atom is 0.335 e. The number of carboxylic acids is 1. The molecule has 1 aliphatic heterocycles. The first-order valence-electron chi connectivity index (χ1n) is 6.37. The van der Waals surface area contributed by atoms with E-state index in [1.54, 1.807) is 12.1 Å². The van der Waals surface area contributed by atoms with E-state index in [4.69, 9.17) is 5.11 Å². The van der Waals surface area contributed by atoms with E-state index in [-0.39, 0.29) is 0 Å². The van der Waals surface area contributed by atoms with E-state index in [1.165, 1.54) is 0 Å². The lowest BCUT2D eigenvalue weighted by Gasteiger charge is -2.34. The minimum Gasteiger partial charge on any atom is -0.478 e. The molecule has 98 valence electrons. The Labute approximate surface area is 108 Å². The van der Waals surface area contributed by atoms with Crippen molar-refractivity contribution in [2.75, 3.05) is 25.0 Å². The van der Waals surface area contributed by atoms with Crippen molar-refractivity contribution in [1.82, 2.24) is 5.32 Å². The highest BCUT2D eigenvalue weighted by Crippen LogP contribution is 2.24. The van der Waals surface area contributed by atoms with Gasteiger partial charge in [0.25, 0.3) is 0 Å². The van der Waals surface area contributed by atoms with E-state index in [9.17, 15) is 4.79 Å². The van der Waals surface area contributed by atoms with Gasteiger partial charge in [-0.25, -0.2) is 4.79 Å². The Morgan fingerprint density at radius 2 is 2.06 bits per heavy atom. The van der Waals surface area contributed by atoms with Gasteiger partial charge in [0.15, 0.2) is 0 Å². The second kappa shape index (κ2) is 5.40. The lowest BCUT2D eigenvalue weighted by Crippen LogP contribution is -2.41. The van der Waals surface area contributed by atoms with E-state index < -0.39 is 5.97 Å². The molecule has 4 nitrogen and oxygen atoms in total. The highest BCUT2D eigenvalue weighted by molar-refractivity contribution is 5.88. The largest absolute Gasteiger partial charge is 0.478 e. The molecule has 0 saturated carbocycles. The molecule has 0 bridgehead atoms. The summed E-state index contributed by atoms with van der Waals surface area (Å²) in [7, 11) is 2.10. The number of benzene rings is 1. The molecule has 2 rings (SSSR count). The third kappa shape index (κ3) is 2.64. The summed E-state index contributed by atoms with van der Waals surface area (Å²) in [5.74, 6) is -0.867. The zero-order chi connectivity index (χ0) is 13.1. The molecule has 0 aromatic heterocycles. The molecule has 0 spiro atoms. The first-order valence-corrected chi connectivity index (χ1v) is 6.37. The Hall–Kier alpha value is -1.55. The summed E-state index contributed by atoms with van der Waals surface area (Å²) >= 11 is 0. The second-order valence-electron chi connectivity index (χ2n) is 4.90. The fourth-order valence-electron chi connectivity index (χ4n) is 2.57. The van der Waals surface area contributed by atoms with Gasteiger partial charge in [-0.2, -0.15) is 0 Å². The number of aromatic carboxylic acids is 1. The number of carboxylic acid groups (broad SMARTS) is 1. The van der Waals surface area contributed by atoms with Crippen molar-refractivity contribution in [1.29, 1.82) is 0 Å². The Kier molecular flexibility index (Phi) is 3.87. The maximum atomic E-state index is 10.9. The molecule has 0 atom stereocenters. The van der Waals surface area contributed by atoms with E-state index >= 15 is 0 Å². The van der Waals surface area contributed by atoms with Crippen molar-refractivity contribution in [2.24, 2.45) is 0 Å². The molecule has 1 aliphatic rings. The molecular formula is C14H20N2O2. The van der Waals surface area contributed by atoms with Gasteiger partial charge in [0.05, 0.1) is 5.56 Å². The van der Waals surface area contributed by atoms with Crippen LogP contribution in [0.3, 0.4) is 0 Å². The Morgan fingerprint density at radius 3 is 2.61 bits per heavy atom. The van der Waals surface area contributed by atoms with Crippen LogP contribution in [0.2, 0.25) is 0 Å². The minimum atomic E-state index is -0.867. The van der Waals surface area contributed by atoms with Gasteiger partial charge in [-0.3, -0.25) is 0 Å². The number of piperidine rings is 1.